The number of ether oxygens (including phenoxy) is 1. The molecule has 2 heteroatoms. The van der Waals surface area contributed by atoms with Crippen LogP contribution in [0.5, 0.6) is 5.75 Å². The Morgan fingerprint density at radius 3 is 3.12 bits per heavy atom. The van der Waals surface area contributed by atoms with E-state index in [-0.39, 0.29) is 0 Å². The Morgan fingerprint density at radius 2 is 2.24 bits per heavy atom. The lowest BCUT2D eigenvalue weighted by molar-refractivity contribution is 0.147. The van der Waals surface area contributed by atoms with Gasteiger partial charge in [-0.05, 0) is 32.0 Å². The van der Waals surface area contributed by atoms with Gasteiger partial charge in [0.1, 0.15) is 5.75 Å². The molecule has 2 nitrogen and oxygen atoms in total. The maximum absolute atomic E-state index is 5.86. The van der Waals surface area contributed by atoms with Crippen molar-refractivity contribution in [3.05, 3.63) is 29.8 Å². The number of nitrogens with zero attached hydrogens (tertiary/aromatic N) is 1. The van der Waals surface area contributed by atoms with Crippen molar-refractivity contribution in [2.24, 2.45) is 5.92 Å². The summed E-state index contributed by atoms with van der Waals surface area (Å²) in [5.41, 5.74) is 1.41. The minimum atomic E-state index is 0.617. The van der Waals surface area contributed by atoms with Crippen molar-refractivity contribution >= 4 is 0 Å². The summed E-state index contributed by atoms with van der Waals surface area (Å²) in [6.45, 7) is 5.66. The van der Waals surface area contributed by atoms with Crippen molar-refractivity contribution < 1.29 is 4.74 Å². The van der Waals surface area contributed by atoms with E-state index in [4.69, 9.17) is 4.74 Å². The number of likely N-dealkylation sites (tertiary alicyclic amines) is 1. The molecule has 0 aliphatic carbocycles. The maximum Gasteiger partial charge on any atom is 0.124 e. The van der Waals surface area contributed by atoms with Crippen LogP contribution in [0.25, 0.3) is 0 Å². The number of para-hydroxylation sites is 1. The zero-order valence-corrected chi connectivity index (χ0v) is 10.6. The summed E-state index contributed by atoms with van der Waals surface area (Å²) in [6.07, 6.45) is 3.89. The van der Waals surface area contributed by atoms with Gasteiger partial charge in [0.05, 0.1) is 6.61 Å². The fourth-order valence-corrected chi connectivity index (χ4v) is 3.22. The molecule has 3 rings (SSSR count). The quantitative estimate of drug-likeness (QED) is 0.792. The van der Waals surface area contributed by atoms with Crippen LogP contribution in [0.4, 0.5) is 0 Å². The number of benzene rings is 1. The fourth-order valence-electron chi connectivity index (χ4n) is 3.22. The Morgan fingerprint density at radius 1 is 1.35 bits per heavy atom. The Hall–Kier alpha value is -1.02. The van der Waals surface area contributed by atoms with Crippen LogP contribution in [0.2, 0.25) is 0 Å². The number of hydrogen-bond acceptors (Lipinski definition) is 2. The first kappa shape index (κ1) is 11.1. The van der Waals surface area contributed by atoms with Gasteiger partial charge in [0.25, 0.3) is 0 Å². The molecule has 1 aromatic rings. The molecule has 0 aromatic heterocycles. The van der Waals surface area contributed by atoms with Crippen molar-refractivity contribution in [3.8, 4) is 5.75 Å². The van der Waals surface area contributed by atoms with E-state index in [1.54, 1.807) is 0 Å². The molecular weight excluding hydrogens is 210 g/mol. The van der Waals surface area contributed by atoms with Crippen LogP contribution >= 0.6 is 0 Å². The Bertz CT molecular complexity index is 390. The highest BCUT2D eigenvalue weighted by atomic mass is 16.5. The van der Waals surface area contributed by atoms with Crippen LogP contribution in [-0.4, -0.2) is 24.6 Å². The number of rotatable bonds is 3. The Labute approximate surface area is 104 Å². The highest BCUT2D eigenvalue weighted by Gasteiger charge is 2.39. The smallest absolute Gasteiger partial charge is 0.124 e. The van der Waals surface area contributed by atoms with Gasteiger partial charge < -0.3 is 4.74 Å². The predicted octanol–water partition coefficient (Wildman–Crippen LogP) is 3.24. The van der Waals surface area contributed by atoms with Gasteiger partial charge in [-0.25, -0.2) is 0 Å². The molecule has 0 amide bonds. The third-order valence-corrected chi connectivity index (χ3v) is 4.12. The minimum absolute atomic E-state index is 0.617. The lowest BCUT2D eigenvalue weighted by Gasteiger charge is -2.33. The molecule has 0 N–H and O–H groups in total. The molecule has 1 saturated heterocycles. The lowest BCUT2D eigenvalue weighted by atomic mass is 9.91. The molecule has 2 heterocycles. The number of hydrogen-bond donors (Lipinski definition) is 0. The van der Waals surface area contributed by atoms with Crippen molar-refractivity contribution in [2.45, 2.75) is 32.2 Å². The van der Waals surface area contributed by atoms with Gasteiger partial charge in [0.2, 0.25) is 0 Å². The summed E-state index contributed by atoms with van der Waals surface area (Å²) in [7, 11) is 0. The molecule has 2 aliphatic heterocycles. The highest BCUT2D eigenvalue weighted by Crippen LogP contribution is 2.44. The Balaban J connectivity index is 1.86. The van der Waals surface area contributed by atoms with Crippen LogP contribution in [0.15, 0.2) is 24.3 Å². The lowest BCUT2D eigenvalue weighted by Crippen LogP contribution is -2.31. The topological polar surface area (TPSA) is 12.5 Å². The molecule has 2 atom stereocenters. The monoisotopic (exact) mass is 231 g/mol. The molecule has 0 spiro atoms. The van der Waals surface area contributed by atoms with Crippen molar-refractivity contribution in [1.82, 2.24) is 4.90 Å². The van der Waals surface area contributed by atoms with E-state index < -0.39 is 0 Å². The van der Waals surface area contributed by atoms with Crippen LogP contribution in [0, 0.1) is 5.92 Å². The van der Waals surface area contributed by atoms with Gasteiger partial charge in [-0.2, -0.15) is 0 Å². The van der Waals surface area contributed by atoms with Gasteiger partial charge in [0.15, 0.2) is 0 Å². The third-order valence-electron chi connectivity index (χ3n) is 4.12. The van der Waals surface area contributed by atoms with Crippen molar-refractivity contribution in [2.75, 3.05) is 19.7 Å². The Kier molecular flexibility index (Phi) is 3.06. The second kappa shape index (κ2) is 4.69. The second-order valence-corrected chi connectivity index (χ2v) is 5.23. The molecular formula is C15H21NO. The molecule has 0 radical (unpaired) electrons. The predicted molar refractivity (Wildman–Crippen MR) is 69.3 cm³/mol. The first-order valence-corrected chi connectivity index (χ1v) is 6.86. The zero-order valence-electron chi connectivity index (χ0n) is 10.6. The number of fused-ring (bicyclic) bond motifs is 3. The van der Waals surface area contributed by atoms with E-state index in [1.165, 1.54) is 37.9 Å². The SMILES string of the molecule is CCCCN1CC[C@H]2COc3ccccc3[C@H]21. The summed E-state index contributed by atoms with van der Waals surface area (Å²) in [5.74, 6) is 1.82. The summed E-state index contributed by atoms with van der Waals surface area (Å²) < 4.78 is 5.86. The van der Waals surface area contributed by atoms with E-state index in [2.05, 4.69) is 36.1 Å². The van der Waals surface area contributed by atoms with Crippen LogP contribution in [0.1, 0.15) is 37.8 Å². The molecule has 0 saturated carbocycles. The molecule has 0 unspecified atom stereocenters. The summed E-state index contributed by atoms with van der Waals surface area (Å²) in [5, 5.41) is 0. The van der Waals surface area contributed by atoms with Gasteiger partial charge in [-0.1, -0.05) is 31.5 Å². The first-order chi connectivity index (χ1) is 8.40. The molecule has 1 fully saturated rings. The molecule has 1 aromatic carbocycles. The van der Waals surface area contributed by atoms with E-state index >= 15 is 0 Å². The van der Waals surface area contributed by atoms with E-state index in [0.29, 0.717) is 12.0 Å². The van der Waals surface area contributed by atoms with E-state index in [9.17, 15) is 0 Å². The largest absolute Gasteiger partial charge is 0.493 e. The zero-order chi connectivity index (χ0) is 11.7. The van der Waals surface area contributed by atoms with Gasteiger partial charge in [0, 0.05) is 17.5 Å². The fraction of sp³-hybridized carbons (Fsp3) is 0.600. The van der Waals surface area contributed by atoms with Crippen LogP contribution < -0.4 is 4.74 Å². The average molecular weight is 231 g/mol. The van der Waals surface area contributed by atoms with Gasteiger partial charge in [-0.15, -0.1) is 0 Å². The summed E-state index contributed by atoms with van der Waals surface area (Å²) in [4.78, 5) is 2.66. The summed E-state index contributed by atoms with van der Waals surface area (Å²) >= 11 is 0. The second-order valence-electron chi connectivity index (χ2n) is 5.23. The third kappa shape index (κ3) is 1.95. The van der Waals surface area contributed by atoms with Crippen molar-refractivity contribution in [3.63, 3.8) is 0 Å². The van der Waals surface area contributed by atoms with Gasteiger partial charge in [-0.3, -0.25) is 4.90 Å². The van der Waals surface area contributed by atoms with Crippen LogP contribution in [0.3, 0.4) is 0 Å². The van der Waals surface area contributed by atoms with Crippen LogP contribution in [-0.2, 0) is 0 Å². The molecule has 0 bridgehead atoms. The molecule has 2 aliphatic rings. The first-order valence-electron chi connectivity index (χ1n) is 6.86. The normalized spacial score (nSPS) is 27.4. The van der Waals surface area contributed by atoms with E-state index in [0.717, 1.165) is 12.4 Å². The van der Waals surface area contributed by atoms with Crippen molar-refractivity contribution in [1.29, 1.82) is 0 Å². The van der Waals surface area contributed by atoms with Gasteiger partial charge >= 0.3 is 0 Å². The average Bonchev–Trinajstić information content (AvgIpc) is 2.80. The standard InChI is InChI=1S/C15H21NO/c1-2-3-9-16-10-8-12-11-17-14-7-5-4-6-13(14)15(12)16/h4-7,12,15H,2-3,8-11H2,1H3/t12-,15-/m0/s1. The highest BCUT2D eigenvalue weighted by molar-refractivity contribution is 5.38. The van der Waals surface area contributed by atoms with E-state index in [1.807, 2.05) is 0 Å². The molecule has 17 heavy (non-hydrogen) atoms. The minimum Gasteiger partial charge on any atom is -0.493 e. The summed E-state index contributed by atoms with van der Waals surface area (Å²) in [6, 6.07) is 9.19. The number of unbranched alkanes of at least 4 members (excludes halogenated alkanes) is 1. The maximum atomic E-state index is 5.86. The molecule has 92 valence electrons.